The maximum Gasteiger partial charge on any atom is 0.212 e. The van der Waals surface area contributed by atoms with Gasteiger partial charge in [-0.1, -0.05) is 0 Å². The lowest BCUT2D eigenvalue weighted by Crippen LogP contribution is -2.27. The molecular weight excluding hydrogens is 232 g/mol. The molecule has 0 fully saturated rings. The van der Waals surface area contributed by atoms with Crippen molar-refractivity contribution in [2.45, 2.75) is 19.4 Å². The van der Waals surface area contributed by atoms with Crippen molar-refractivity contribution in [2.75, 3.05) is 12.4 Å². The zero-order valence-electron chi connectivity index (χ0n) is 9.13. The molecule has 92 valence electrons. The van der Waals surface area contributed by atoms with Crippen LogP contribution in [0.15, 0.2) is 6.33 Å². The highest BCUT2D eigenvalue weighted by atomic mass is 32.2. The predicted molar refractivity (Wildman–Crippen MR) is 57.9 cm³/mol. The molecule has 0 atom stereocenters. The summed E-state index contributed by atoms with van der Waals surface area (Å²) in [5.41, 5.74) is 0. The summed E-state index contributed by atoms with van der Waals surface area (Å²) in [5, 5.41) is 15.9. The second-order valence-electron chi connectivity index (χ2n) is 3.43. The second kappa shape index (κ2) is 5.92. The van der Waals surface area contributed by atoms with Crippen molar-refractivity contribution in [3.63, 3.8) is 0 Å². The SMILES string of the molecule is Cn1cnnc1CNS(=O)(=O)CCCCO. The van der Waals surface area contributed by atoms with Gasteiger partial charge in [-0.25, -0.2) is 13.1 Å². The Bertz CT molecular complexity index is 415. The van der Waals surface area contributed by atoms with Crippen molar-refractivity contribution in [3.05, 3.63) is 12.2 Å². The molecule has 0 aliphatic rings. The topological polar surface area (TPSA) is 97.1 Å². The minimum Gasteiger partial charge on any atom is -0.396 e. The third-order valence-corrected chi connectivity index (χ3v) is 3.49. The molecule has 1 heterocycles. The predicted octanol–water partition coefficient (Wildman–Crippen LogP) is -0.993. The van der Waals surface area contributed by atoms with E-state index >= 15 is 0 Å². The van der Waals surface area contributed by atoms with Crippen LogP contribution in [0.5, 0.6) is 0 Å². The van der Waals surface area contributed by atoms with Crippen molar-refractivity contribution >= 4 is 10.0 Å². The lowest BCUT2D eigenvalue weighted by Gasteiger charge is -2.05. The molecule has 0 amide bonds. The molecule has 8 heteroatoms. The van der Waals surface area contributed by atoms with Crippen LogP contribution in [0.25, 0.3) is 0 Å². The van der Waals surface area contributed by atoms with Crippen LogP contribution in [0.2, 0.25) is 0 Å². The van der Waals surface area contributed by atoms with Gasteiger partial charge < -0.3 is 9.67 Å². The average molecular weight is 248 g/mol. The number of hydrogen-bond donors (Lipinski definition) is 2. The van der Waals surface area contributed by atoms with Gasteiger partial charge in [-0.15, -0.1) is 10.2 Å². The molecule has 2 N–H and O–H groups in total. The molecule has 16 heavy (non-hydrogen) atoms. The second-order valence-corrected chi connectivity index (χ2v) is 5.36. The molecule has 7 nitrogen and oxygen atoms in total. The molecule has 0 spiro atoms. The minimum absolute atomic E-state index is 0.0127. The summed E-state index contributed by atoms with van der Waals surface area (Å²) in [5.74, 6) is 0.580. The summed E-state index contributed by atoms with van der Waals surface area (Å²) >= 11 is 0. The number of unbranched alkanes of at least 4 members (excludes halogenated alkanes) is 1. The van der Waals surface area contributed by atoms with Crippen molar-refractivity contribution in [3.8, 4) is 0 Å². The fraction of sp³-hybridized carbons (Fsp3) is 0.750. The van der Waals surface area contributed by atoms with Gasteiger partial charge in [-0.05, 0) is 12.8 Å². The third kappa shape index (κ3) is 4.25. The van der Waals surface area contributed by atoms with E-state index < -0.39 is 10.0 Å². The molecule has 0 radical (unpaired) electrons. The normalized spacial score (nSPS) is 11.9. The van der Waals surface area contributed by atoms with Crippen molar-refractivity contribution in [1.82, 2.24) is 19.5 Å². The van der Waals surface area contributed by atoms with Crippen LogP contribution in [0, 0.1) is 0 Å². The number of aromatic nitrogens is 3. The van der Waals surface area contributed by atoms with Crippen LogP contribution in [0.4, 0.5) is 0 Å². The number of rotatable bonds is 7. The fourth-order valence-corrected chi connectivity index (χ4v) is 2.20. The van der Waals surface area contributed by atoms with Crippen molar-refractivity contribution < 1.29 is 13.5 Å². The van der Waals surface area contributed by atoms with Crippen LogP contribution in [0.3, 0.4) is 0 Å². The lowest BCUT2D eigenvalue weighted by atomic mass is 10.4. The number of aliphatic hydroxyl groups excluding tert-OH is 1. The van der Waals surface area contributed by atoms with Gasteiger partial charge in [-0.2, -0.15) is 0 Å². The first kappa shape index (κ1) is 13.1. The van der Waals surface area contributed by atoms with E-state index in [4.69, 9.17) is 5.11 Å². The highest BCUT2D eigenvalue weighted by Crippen LogP contribution is 1.96. The summed E-state index contributed by atoms with van der Waals surface area (Å²) in [6.07, 6.45) is 2.45. The maximum atomic E-state index is 11.5. The number of hydrogen-bond acceptors (Lipinski definition) is 5. The summed E-state index contributed by atoms with van der Waals surface area (Å²) in [6.45, 7) is 0.150. The zero-order chi connectivity index (χ0) is 12.0. The highest BCUT2D eigenvalue weighted by molar-refractivity contribution is 7.89. The van der Waals surface area contributed by atoms with E-state index in [0.29, 0.717) is 18.7 Å². The minimum atomic E-state index is -3.29. The number of nitrogens with one attached hydrogen (secondary N) is 1. The van der Waals surface area contributed by atoms with Gasteiger partial charge in [0, 0.05) is 13.7 Å². The molecule has 1 aromatic heterocycles. The van der Waals surface area contributed by atoms with E-state index in [1.165, 1.54) is 6.33 Å². The van der Waals surface area contributed by atoms with Crippen molar-refractivity contribution in [1.29, 1.82) is 0 Å². The molecule has 0 aromatic carbocycles. The molecule has 0 saturated heterocycles. The Balaban J connectivity index is 2.39. The monoisotopic (exact) mass is 248 g/mol. The molecule has 0 aliphatic carbocycles. The molecule has 0 bridgehead atoms. The average Bonchev–Trinajstić information content (AvgIpc) is 2.62. The van der Waals surface area contributed by atoms with Crippen LogP contribution >= 0.6 is 0 Å². The first-order chi connectivity index (χ1) is 7.55. The number of nitrogens with zero attached hydrogens (tertiary/aromatic N) is 3. The van der Waals surface area contributed by atoms with Gasteiger partial charge in [0.15, 0.2) is 0 Å². The fourth-order valence-electron chi connectivity index (χ4n) is 1.12. The van der Waals surface area contributed by atoms with Crippen molar-refractivity contribution in [2.24, 2.45) is 7.05 Å². The van der Waals surface area contributed by atoms with Crippen LogP contribution < -0.4 is 4.72 Å². The Hall–Kier alpha value is -0.990. The Morgan fingerprint density at radius 3 is 2.81 bits per heavy atom. The quantitative estimate of drug-likeness (QED) is 0.604. The lowest BCUT2D eigenvalue weighted by molar-refractivity contribution is 0.287. The maximum absolute atomic E-state index is 11.5. The van der Waals surface area contributed by atoms with Crippen LogP contribution in [-0.4, -0.2) is 40.6 Å². The molecule has 0 aliphatic heterocycles. The van der Waals surface area contributed by atoms with Crippen LogP contribution in [0.1, 0.15) is 18.7 Å². The van der Waals surface area contributed by atoms with E-state index in [0.717, 1.165) is 0 Å². The zero-order valence-corrected chi connectivity index (χ0v) is 9.94. The molecule has 1 rings (SSSR count). The summed E-state index contributed by atoms with van der Waals surface area (Å²) in [7, 11) is -1.54. The van der Waals surface area contributed by atoms with E-state index in [1.54, 1.807) is 11.6 Å². The Morgan fingerprint density at radius 1 is 1.50 bits per heavy atom. The Labute approximate surface area is 94.6 Å². The highest BCUT2D eigenvalue weighted by Gasteiger charge is 2.11. The number of aryl methyl sites for hydroxylation is 1. The molecule has 1 aromatic rings. The van der Waals surface area contributed by atoms with E-state index in [-0.39, 0.29) is 18.9 Å². The summed E-state index contributed by atoms with van der Waals surface area (Å²) < 4.78 is 27.0. The number of sulfonamides is 1. The Kier molecular flexibility index (Phi) is 4.84. The Morgan fingerprint density at radius 2 is 2.25 bits per heavy atom. The largest absolute Gasteiger partial charge is 0.396 e. The van der Waals surface area contributed by atoms with Gasteiger partial charge in [-0.3, -0.25) is 0 Å². The van der Waals surface area contributed by atoms with Gasteiger partial charge in [0.2, 0.25) is 10.0 Å². The van der Waals surface area contributed by atoms with E-state index in [9.17, 15) is 8.42 Å². The molecule has 0 unspecified atom stereocenters. The third-order valence-electron chi connectivity index (χ3n) is 2.08. The first-order valence-electron chi connectivity index (χ1n) is 4.96. The van der Waals surface area contributed by atoms with E-state index in [2.05, 4.69) is 14.9 Å². The first-order valence-corrected chi connectivity index (χ1v) is 6.61. The van der Waals surface area contributed by atoms with Gasteiger partial charge in [0.25, 0.3) is 0 Å². The van der Waals surface area contributed by atoms with Crippen LogP contribution in [-0.2, 0) is 23.6 Å². The summed E-state index contributed by atoms with van der Waals surface area (Å²) in [4.78, 5) is 0. The summed E-state index contributed by atoms with van der Waals surface area (Å²) in [6, 6.07) is 0. The molecular formula is C8H16N4O3S. The van der Waals surface area contributed by atoms with Gasteiger partial charge >= 0.3 is 0 Å². The standard InChI is InChI=1S/C8H16N4O3S/c1-12-7-9-11-8(12)6-10-16(14,15)5-3-2-4-13/h7,10,13H,2-6H2,1H3. The smallest absolute Gasteiger partial charge is 0.212 e. The van der Waals surface area contributed by atoms with E-state index in [1.807, 2.05) is 0 Å². The van der Waals surface area contributed by atoms with Gasteiger partial charge in [0.05, 0.1) is 12.3 Å². The molecule has 0 saturated carbocycles. The van der Waals surface area contributed by atoms with Gasteiger partial charge in [0.1, 0.15) is 12.2 Å². The number of aliphatic hydroxyl groups is 1.